The number of hydrogen-bond acceptors (Lipinski definition) is 3. The van der Waals surface area contributed by atoms with Gasteiger partial charge in [-0.1, -0.05) is 0 Å². The molecule has 1 aliphatic rings. The maximum atomic E-state index is 13.0. The maximum absolute atomic E-state index is 13.0. The van der Waals surface area contributed by atoms with Crippen molar-refractivity contribution in [1.29, 1.82) is 0 Å². The third-order valence-electron chi connectivity index (χ3n) is 2.84. The average molecular weight is 240 g/mol. The number of benzene rings is 1. The number of nitrogens with two attached hydrogens (primary N) is 1. The first-order valence-corrected chi connectivity index (χ1v) is 6.64. The van der Waals surface area contributed by atoms with Gasteiger partial charge in [-0.25, -0.2) is 4.39 Å². The fourth-order valence-electron chi connectivity index (χ4n) is 1.92. The number of halogens is 1. The molecule has 2 nitrogen and oxygen atoms in total. The summed E-state index contributed by atoms with van der Waals surface area (Å²) in [7, 11) is 0. The molecule has 0 aromatic heterocycles. The number of hydrogen-bond donors (Lipinski definition) is 1. The van der Waals surface area contributed by atoms with Crippen molar-refractivity contribution in [1.82, 2.24) is 4.90 Å². The first-order chi connectivity index (χ1) is 7.75. The molecular formula is C12H17FN2S. The highest BCUT2D eigenvalue weighted by Crippen LogP contribution is 2.25. The lowest BCUT2D eigenvalue weighted by Gasteiger charge is -2.14. The van der Waals surface area contributed by atoms with Crippen LogP contribution in [0.4, 0.5) is 10.1 Å². The van der Waals surface area contributed by atoms with Crippen molar-refractivity contribution in [2.45, 2.75) is 17.7 Å². The Morgan fingerprint density at radius 2 is 2.06 bits per heavy atom. The minimum atomic E-state index is -0.210. The Labute approximate surface area is 100 Å². The van der Waals surface area contributed by atoms with Crippen LogP contribution in [0.15, 0.2) is 23.1 Å². The topological polar surface area (TPSA) is 29.3 Å². The molecule has 16 heavy (non-hydrogen) atoms. The smallest absolute Gasteiger partial charge is 0.124 e. The summed E-state index contributed by atoms with van der Waals surface area (Å²) in [4.78, 5) is 3.31. The predicted molar refractivity (Wildman–Crippen MR) is 67.2 cm³/mol. The van der Waals surface area contributed by atoms with Crippen LogP contribution in [0, 0.1) is 5.82 Å². The van der Waals surface area contributed by atoms with Gasteiger partial charge in [-0.05, 0) is 44.1 Å². The fourth-order valence-corrected chi connectivity index (χ4v) is 2.92. The molecule has 2 rings (SSSR count). The van der Waals surface area contributed by atoms with E-state index in [2.05, 4.69) is 4.90 Å². The molecule has 1 aliphatic heterocycles. The van der Waals surface area contributed by atoms with E-state index in [-0.39, 0.29) is 5.82 Å². The zero-order valence-corrected chi connectivity index (χ0v) is 10.1. The normalized spacial score (nSPS) is 16.8. The Kier molecular flexibility index (Phi) is 4.07. The van der Waals surface area contributed by atoms with Crippen LogP contribution in [0.3, 0.4) is 0 Å². The lowest BCUT2D eigenvalue weighted by Crippen LogP contribution is -2.21. The largest absolute Gasteiger partial charge is 0.398 e. The third kappa shape index (κ3) is 3.12. The molecule has 0 radical (unpaired) electrons. The molecule has 0 bridgehead atoms. The average Bonchev–Trinajstić information content (AvgIpc) is 2.76. The predicted octanol–water partition coefficient (Wildman–Crippen LogP) is 2.60. The van der Waals surface area contributed by atoms with Crippen LogP contribution in [-0.4, -0.2) is 30.3 Å². The molecule has 1 heterocycles. The number of thioether (sulfide) groups is 1. The molecule has 0 atom stereocenters. The highest BCUT2D eigenvalue weighted by Gasteiger charge is 2.11. The highest BCUT2D eigenvalue weighted by molar-refractivity contribution is 7.99. The maximum Gasteiger partial charge on any atom is 0.124 e. The summed E-state index contributed by atoms with van der Waals surface area (Å²) in [5, 5.41) is 0. The summed E-state index contributed by atoms with van der Waals surface area (Å²) < 4.78 is 13.0. The number of nitrogen functional groups attached to an aromatic ring is 1. The van der Waals surface area contributed by atoms with E-state index in [0.717, 1.165) is 17.2 Å². The Hall–Kier alpha value is -0.740. The first kappa shape index (κ1) is 11.7. The van der Waals surface area contributed by atoms with Crippen molar-refractivity contribution in [2.24, 2.45) is 0 Å². The molecule has 0 spiro atoms. The Morgan fingerprint density at radius 1 is 1.31 bits per heavy atom. The van der Waals surface area contributed by atoms with Crippen LogP contribution in [0.25, 0.3) is 0 Å². The number of likely N-dealkylation sites (tertiary alicyclic amines) is 1. The van der Waals surface area contributed by atoms with Gasteiger partial charge in [0.1, 0.15) is 5.82 Å². The van der Waals surface area contributed by atoms with Crippen LogP contribution in [-0.2, 0) is 0 Å². The lowest BCUT2D eigenvalue weighted by atomic mass is 10.3. The van der Waals surface area contributed by atoms with Gasteiger partial charge in [0.05, 0.1) is 0 Å². The molecule has 88 valence electrons. The van der Waals surface area contributed by atoms with E-state index in [1.165, 1.54) is 38.1 Å². The van der Waals surface area contributed by atoms with Gasteiger partial charge < -0.3 is 10.6 Å². The van der Waals surface area contributed by atoms with Crippen molar-refractivity contribution in [3.63, 3.8) is 0 Å². The van der Waals surface area contributed by atoms with E-state index in [1.807, 2.05) is 0 Å². The van der Waals surface area contributed by atoms with E-state index < -0.39 is 0 Å². The molecule has 0 amide bonds. The molecule has 0 saturated carbocycles. The van der Waals surface area contributed by atoms with Crippen molar-refractivity contribution in [3.05, 3.63) is 24.0 Å². The molecule has 2 N–H and O–H groups in total. The summed E-state index contributed by atoms with van der Waals surface area (Å²) in [6.07, 6.45) is 2.62. The second kappa shape index (κ2) is 5.55. The van der Waals surface area contributed by atoms with Crippen LogP contribution < -0.4 is 5.73 Å². The van der Waals surface area contributed by atoms with Crippen molar-refractivity contribution < 1.29 is 4.39 Å². The molecule has 4 heteroatoms. The molecule has 1 saturated heterocycles. The molecular weight excluding hydrogens is 223 g/mol. The van der Waals surface area contributed by atoms with Crippen LogP contribution in [0.1, 0.15) is 12.8 Å². The van der Waals surface area contributed by atoms with Gasteiger partial charge in [0, 0.05) is 22.9 Å². The quantitative estimate of drug-likeness (QED) is 0.648. The molecule has 0 aliphatic carbocycles. The molecule has 1 fully saturated rings. The van der Waals surface area contributed by atoms with Gasteiger partial charge in [0.15, 0.2) is 0 Å². The highest BCUT2D eigenvalue weighted by atomic mass is 32.2. The zero-order valence-electron chi connectivity index (χ0n) is 9.29. The fraction of sp³-hybridized carbons (Fsp3) is 0.500. The molecule has 1 aromatic rings. The summed E-state index contributed by atoms with van der Waals surface area (Å²) in [6.45, 7) is 3.49. The van der Waals surface area contributed by atoms with Gasteiger partial charge in [-0.2, -0.15) is 0 Å². The second-order valence-corrected chi connectivity index (χ2v) is 5.22. The van der Waals surface area contributed by atoms with Gasteiger partial charge in [-0.3, -0.25) is 0 Å². The summed E-state index contributed by atoms with van der Waals surface area (Å²) in [6, 6.07) is 4.55. The number of nitrogens with zero attached hydrogens (tertiary/aromatic N) is 1. The lowest BCUT2D eigenvalue weighted by molar-refractivity contribution is 0.362. The monoisotopic (exact) mass is 240 g/mol. The van der Waals surface area contributed by atoms with Crippen molar-refractivity contribution in [2.75, 3.05) is 31.1 Å². The Morgan fingerprint density at radius 3 is 2.81 bits per heavy atom. The minimum Gasteiger partial charge on any atom is -0.398 e. The summed E-state index contributed by atoms with van der Waals surface area (Å²) in [5.41, 5.74) is 6.46. The number of anilines is 1. The van der Waals surface area contributed by atoms with Crippen molar-refractivity contribution in [3.8, 4) is 0 Å². The zero-order chi connectivity index (χ0) is 11.4. The molecule has 1 aromatic carbocycles. The minimum absolute atomic E-state index is 0.210. The SMILES string of the molecule is Nc1ccc(F)cc1SCCN1CCCC1. The van der Waals surface area contributed by atoms with E-state index in [0.29, 0.717) is 5.69 Å². The Balaban J connectivity index is 1.82. The van der Waals surface area contributed by atoms with E-state index in [9.17, 15) is 4.39 Å². The standard InChI is InChI=1S/C12H17FN2S/c13-10-3-4-11(14)12(9-10)16-8-7-15-5-1-2-6-15/h3-4,9H,1-2,5-8,14H2. The number of rotatable bonds is 4. The van der Waals surface area contributed by atoms with Crippen LogP contribution in [0.5, 0.6) is 0 Å². The van der Waals surface area contributed by atoms with Gasteiger partial charge >= 0.3 is 0 Å². The van der Waals surface area contributed by atoms with Gasteiger partial charge in [0.25, 0.3) is 0 Å². The summed E-state index contributed by atoms with van der Waals surface area (Å²) in [5.74, 6) is 0.770. The second-order valence-electron chi connectivity index (χ2n) is 4.08. The molecule has 0 unspecified atom stereocenters. The van der Waals surface area contributed by atoms with Crippen LogP contribution >= 0.6 is 11.8 Å². The van der Waals surface area contributed by atoms with Gasteiger partial charge in [-0.15, -0.1) is 11.8 Å². The van der Waals surface area contributed by atoms with E-state index in [1.54, 1.807) is 17.8 Å². The van der Waals surface area contributed by atoms with Crippen molar-refractivity contribution >= 4 is 17.4 Å². The third-order valence-corrected chi connectivity index (χ3v) is 3.89. The first-order valence-electron chi connectivity index (χ1n) is 5.66. The van der Waals surface area contributed by atoms with E-state index in [4.69, 9.17) is 5.73 Å². The van der Waals surface area contributed by atoms with Gasteiger partial charge in [0.2, 0.25) is 0 Å². The van der Waals surface area contributed by atoms with E-state index >= 15 is 0 Å². The Bertz CT molecular complexity index is 351. The van der Waals surface area contributed by atoms with Crippen LogP contribution in [0.2, 0.25) is 0 Å². The summed E-state index contributed by atoms with van der Waals surface area (Å²) >= 11 is 1.64.